The molecule has 1 heterocycles. The monoisotopic (exact) mass is 355 g/mol. The summed E-state index contributed by atoms with van der Waals surface area (Å²) in [5, 5.41) is 5.47. The number of likely N-dealkylation sites (tertiary alicyclic amines) is 1. The van der Waals surface area contributed by atoms with Gasteiger partial charge in [0.15, 0.2) is 0 Å². The first kappa shape index (κ1) is 20.8. The third-order valence-electron chi connectivity index (χ3n) is 3.46. The number of carbonyl (C=O) groups excluding carboxylic acids is 3. The van der Waals surface area contributed by atoms with Gasteiger partial charge in [0.25, 0.3) is 0 Å². The Labute approximate surface area is 148 Å². The lowest BCUT2D eigenvalue weighted by molar-refractivity contribution is -0.121. The van der Waals surface area contributed by atoms with Crippen LogP contribution in [0, 0.1) is 0 Å². The summed E-state index contributed by atoms with van der Waals surface area (Å²) in [7, 11) is 0. The van der Waals surface area contributed by atoms with Gasteiger partial charge in [-0.2, -0.15) is 0 Å². The first-order valence-electron chi connectivity index (χ1n) is 8.50. The van der Waals surface area contributed by atoms with Crippen LogP contribution in [0.15, 0.2) is 12.7 Å². The Morgan fingerprint density at radius 1 is 1.24 bits per heavy atom. The molecule has 0 radical (unpaired) electrons. The van der Waals surface area contributed by atoms with Gasteiger partial charge in [0.2, 0.25) is 5.91 Å². The number of rotatable bonds is 6. The molecule has 1 fully saturated rings. The summed E-state index contributed by atoms with van der Waals surface area (Å²) in [6.07, 6.45) is 2.16. The maximum absolute atomic E-state index is 11.9. The van der Waals surface area contributed by atoms with Crippen LogP contribution < -0.4 is 10.6 Å². The third-order valence-corrected chi connectivity index (χ3v) is 3.46. The topological polar surface area (TPSA) is 97.0 Å². The molecule has 0 aliphatic carbocycles. The fourth-order valence-electron chi connectivity index (χ4n) is 2.32. The number of carbonyl (C=O) groups is 3. The third kappa shape index (κ3) is 8.97. The fraction of sp³-hybridized carbons (Fsp3) is 0.706. The van der Waals surface area contributed by atoms with Gasteiger partial charge >= 0.3 is 12.2 Å². The maximum atomic E-state index is 11.9. The SMILES string of the molecule is C=CCOC(=O)N1CCC(NC(=O)CCNC(=O)OC(C)(C)C)CC1. The Morgan fingerprint density at radius 3 is 2.44 bits per heavy atom. The molecule has 142 valence electrons. The van der Waals surface area contributed by atoms with E-state index in [-0.39, 0.29) is 37.6 Å². The Balaban J connectivity index is 2.19. The summed E-state index contributed by atoms with van der Waals surface area (Å²) < 4.78 is 10.1. The van der Waals surface area contributed by atoms with E-state index in [1.54, 1.807) is 25.7 Å². The van der Waals surface area contributed by atoms with Gasteiger partial charge in [-0.25, -0.2) is 9.59 Å². The molecule has 3 amide bonds. The Bertz CT molecular complexity index is 479. The normalized spacial score (nSPS) is 15.2. The minimum atomic E-state index is -0.562. The molecule has 0 spiro atoms. The molecule has 0 unspecified atom stereocenters. The molecule has 0 aromatic rings. The van der Waals surface area contributed by atoms with Gasteiger partial charge < -0.3 is 25.0 Å². The van der Waals surface area contributed by atoms with Crippen molar-refractivity contribution in [3.05, 3.63) is 12.7 Å². The van der Waals surface area contributed by atoms with E-state index in [1.165, 1.54) is 6.08 Å². The molecule has 1 saturated heterocycles. The molecule has 0 atom stereocenters. The van der Waals surface area contributed by atoms with Gasteiger partial charge in [-0.3, -0.25) is 4.79 Å². The molecule has 0 saturated carbocycles. The van der Waals surface area contributed by atoms with Crippen molar-refractivity contribution in [3.63, 3.8) is 0 Å². The quantitative estimate of drug-likeness (QED) is 0.708. The molecule has 1 aliphatic heterocycles. The number of nitrogens with zero attached hydrogens (tertiary/aromatic N) is 1. The molecule has 8 nitrogen and oxygen atoms in total. The van der Waals surface area contributed by atoms with E-state index < -0.39 is 11.7 Å². The van der Waals surface area contributed by atoms with Gasteiger partial charge in [-0.15, -0.1) is 0 Å². The summed E-state index contributed by atoms with van der Waals surface area (Å²) in [6, 6.07) is 0.0254. The van der Waals surface area contributed by atoms with Crippen molar-refractivity contribution >= 4 is 18.1 Å². The highest BCUT2D eigenvalue weighted by molar-refractivity contribution is 5.77. The van der Waals surface area contributed by atoms with Gasteiger partial charge in [-0.1, -0.05) is 12.7 Å². The first-order valence-corrected chi connectivity index (χ1v) is 8.50. The van der Waals surface area contributed by atoms with Crippen LogP contribution in [-0.2, 0) is 14.3 Å². The molecule has 1 aliphatic rings. The van der Waals surface area contributed by atoms with Crippen LogP contribution >= 0.6 is 0 Å². The molecular formula is C17H29N3O5. The van der Waals surface area contributed by atoms with Crippen molar-refractivity contribution < 1.29 is 23.9 Å². The number of ether oxygens (including phenoxy) is 2. The van der Waals surface area contributed by atoms with Crippen LogP contribution in [0.1, 0.15) is 40.0 Å². The van der Waals surface area contributed by atoms with Gasteiger partial charge in [0.05, 0.1) is 0 Å². The molecule has 0 aromatic carbocycles. The van der Waals surface area contributed by atoms with Crippen molar-refractivity contribution in [2.24, 2.45) is 0 Å². The van der Waals surface area contributed by atoms with Crippen LogP contribution in [0.3, 0.4) is 0 Å². The van der Waals surface area contributed by atoms with E-state index in [4.69, 9.17) is 9.47 Å². The summed E-state index contributed by atoms with van der Waals surface area (Å²) in [5.74, 6) is -0.135. The van der Waals surface area contributed by atoms with E-state index in [1.807, 2.05) is 0 Å². The number of nitrogens with one attached hydrogen (secondary N) is 2. The average Bonchev–Trinajstić information content (AvgIpc) is 2.51. The van der Waals surface area contributed by atoms with Crippen LogP contribution in [0.2, 0.25) is 0 Å². The molecule has 8 heteroatoms. The number of alkyl carbamates (subject to hydrolysis) is 1. The lowest BCUT2D eigenvalue weighted by Crippen LogP contribution is -2.47. The lowest BCUT2D eigenvalue weighted by atomic mass is 10.1. The molecule has 0 bridgehead atoms. The number of hydrogen-bond donors (Lipinski definition) is 2. The Morgan fingerprint density at radius 2 is 1.88 bits per heavy atom. The van der Waals surface area contributed by atoms with Crippen LogP contribution in [0.5, 0.6) is 0 Å². The Kier molecular flexibility index (Phi) is 8.24. The van der Waals surface area contributed by atoms with Crippen LogP contribution in [-0.4, -0.2) is 60.9 Å². The predicted molar refractivity (Wildman–Crippen MR) is 93.1 cm³/mol. The smallest absolute Gasteiger partial charge is 0.410 e. The van der Waals surface area contributed by atoms with Crippen molar-refractivity contribution in [1.29, 1.82) is 0 Å². The van der Waals surface area contributed by atoms with E-state index in [2.05, 4.69) is 17.2 Å². The summed E-state index contributed by atoms with van der Waals surface area (Å²) >= 11 is 0. The van der Waals surface area contributed by atoms with Crippen molar-refractivity contribution in [2.45, 2.75) is 51.7 Å². The second-order valence-corrected chi connectivity index (χ2v) is 6.87. The van der Waals surface area contributed by atoms with Gasteiger partial charge in [0, 0.05) is 32.1 Å². The highest BCUT2D eigenvalue weighted by Gasteiger charge is 2.24. The zero-order valence-electron chi connectivity index (χ0n) is 15.3. The fourth-order valence-corrected chi connectivity index (χ4v) is 2.32. The maximum Gasteiger partial charge on any atom is 0.410 e. The molecule has 25 heavy (non-hydrogen) atoms. The number of hydrogen-bond acceptors (Lipinski definition) is 5. The van der Waals surface area contributed by atoms with Gasteiger partial charge in [0.1, 0.15) is 12.2 Å². The largest absolute Gasteiger partial charge is 0.445 e. The molecule has 1 rings (SSSR count). The Hall–Kier alpha value is -2.25. The number of amides is 3. The zero-order valence-corrected chi connectivity index (χ0v) is 15.3. The van der Waals surface area contributed by atoms with Crippen molar-refractivity contribution in [1.82, 2.24) is 15.5 Å². The van der Waals surface area contributed by atoms with E-state index >= 15 is 0 Å². The van der Waals surface area contributed by atoms with E-state index in [9.17, 15) is 14.4 Å². The second-order valence-electron chi connectivity index (χ2n) is 6.87. The minimum Gasteiger partial charge on any atom is -0.445 e. The zero-order chi connectivity index (χ0) is 18.9. The predicted octanol–water partition coefficient (Wildman–Crippen LogP) is 1.80. The molecular weight excluding hydrogens is 326 g/mol. The van der Waals surface area contributed by atoms with Crippen LogP contribution in [0.25, 0.3) is 0 Å². The van der Waals surface area contributed by atoms with Crippen LogP contribution in [0.4, 0.5) is 9.59 Å². The first-order chi connectivity index (χ1) is 11.7. The minimum absolute atomic E-state index is 0.0254. The number of piperidine rings is 1. The average molecular weight is 355 g/mol. The highest BCUT2D eigenvalue weighted by atomic mass is 16.6. The molecule has 2 N–H and O–H groups in total. The highest BCUT2D eigenvalue weighted by Crippen LogP contribution is 2.11. The van der Waals surface area contributed by atoms with E-state index in [0.29, 0.717) is 25.9 Å². The summed E-state index contributed by atoms with van der Waals surface area (Å²) in [6.45, 7) is 10.3. The molecule has 0 aromatic heterocycles. The second kappa shape index (κ2) is 9.90. The standard InChI is InChI=1S/C17H29N3O5/c1-5-12-24-16(23)20-10-7-13(8-11-20)19-14(21)6-9-18-15(22)25-17(2,3)4/h5,13H,1,6-12H2,2-4H3,(H,18,22)(H,19,21). The van der Waals surface area contributed by atoms with E-state index in [0.717, 1.165) is 0 Å². The van der Waals surface area contributed by atoms with Crippen molar-refractivity contribution in [3.8, 4) is 0 Å². The summed E-state index contributed by atoms with van der Waals surface area (Å²) in [4.78, 5) is 36.7. The van der Waals surface area contributed by atoms with Crippen molar-refractivity contribution in [2.75, 3.05) is 26.2 Å². The van der Waals surface area contributed by atoms with Gasteiger partial charge in [-0.05, 0) is 33.6 Å². The lowest BCUT2D eigenvalue weighted by Gasteiger charge is -2.31. The summed E-state index contributed by atoms with van der Waals surface area (Å²) in [5.41, 5.74) is -0.562.